The fraction of sp³-hybridized carbons (Fsp3) is 0.174. The van der Waals surface area contributed by atoms with E-state index in [0.29, 0.717) is 34.8 Å². The molecule has 4 rings (SSSR count). The number of nitrogens with two attached hydrogens (primary N) is 1. The predicted molar refractivity (Wildman–Crippen MR) is 116 cm³/mol. The first-order valence-corrected chi connectivity index (χ1v) is 9.79. The number of carbonyl (C=O) groups is 1. The summed E-state index contributed by atoms with van der Waals surface area (Å²) in [6.45, 7) is 3.84. The zero-order valence-corrected chi connectivity index (χ0v) is 17.1. The van der Waals surface area contributed by atoms with Crippen molar-refractivity contribution in [1.29, 1.82) is 0 Å². The minimum atomic E-state index is -0.798. The zero-order chi connectivity index (χ0) is 22.1. The molecule has 4 N–H and O–H groups in total. The number of halogens is 1. The van der Waals surface area contributed by atoms with Gasteiger partial charge in [-0.05, 0) is 49.7 Å². The third-order valence-electron chi connectivity index (χ3n) is 5.10. The smallest absolute Gasteiger partial charge is 0.249 e. The van der Waals surface area contributed by atoms with Crippen LogP contribution in [0, 0.1) is 12.7 Å². The lowest BCUT2D eigenvalue weighted by molar-refractivity contribution is 0.100. The number of nitrogens with one attached hydrogen (secondary N) is 1. The van der Waals surface area contributed by atoms with Crippen LogP contribution in [-0.2, 0) is 6.54 Å². The summed E-state index contributed by atoms with van der Waals surface area (Å²) < 4.78 is 15.3. The van der Waals surface area contributed by atoms with Crippen LogP contribution in [0.2, 0.25) is 0 Å². The van der Waals surface area contributed by atoms with E-state index >= 15 is 0 Å². The maximum Gasteiger partial charge on any atom is 0.249 e. The number of aliphatic hydroxyl groups excluding tert-OH is 1. The molecule has 2 heterocycles. The lowest BCUT2D eigenvalue weighted by Crippen LogP contribution is -2.12. The molecule has 1 amide bonds. The largest absolute Gasteiger partial charge is 0.389 e. The van der Waals surface area contributed by atoms with E-state index in [-0.39, 0.29) is 5.82 Å². The second-order valence-electron chi connectivity index (χ2n) is 7.36. The van der Waals surface area contributed by atoms with E-state index in [1.165, 1.54) is 12.1 Å². The summed E-state index contributed by atoms with van der Waals surface area (Å²) in [5, 5.41) is 14.0. The Kier molecular flexibility index (Phi) is 5.39. The minimum Gasteiger partial charge on any atom is -0.389 e. The number of carbonyl (C=O) groups excluding carboxylic acids is 1. The van der Waals surface area contributed by atoms with Gasteiger partial charge in [-0.2, -0.15) is 4.98 Å². The molecule has 0 saturated heterocycles. The van der Waals surface area contributed by atoms with Crippen LogP contribution in [-0.4, -0.2) is 25.5 Å². The minimum absolute atomic E-state index is 0.321. The molecule has 31 heavy (non-hydrogen) atoms. The molecule has 0 bridgehead atoms. The molecule has 0 fully saturated rings. The Hall–Kier alpha value is -3.78. The molecule has 158 valence electrons. The molecule has 0 saturated carbocycles. The van der Waals surface area contributed by atoms with Crippen LogP contribution < -0.4 is 11.1 Å². The van der Waals surface area contributed by atoms with E-state index in [1.807, 2.05) is 23.6 Å². The molecular weight excluding hydrogens is 397 g/mol. The van der Waals surface area contributed by atoms with Crippen LogP contribution in [0.4, 0.5) is 10.2 Å². The second kappa shape index (κ2) is 8.16. The van der Waals surface area contributed by atoms with E-state index in [9.17, 15) is 14.3 Å². The van der Waals surface area contributed by atoms with E-state index in [0.717, 1.165) is 16.8 Å². The van der Waals surface area contributed by atoms with Gasteiger partial charge in [-0.3, -0.25) is 9.36 Å². The van der Waals surface area contributed by atoms with Crippen molar-refractivity contribution in [1.82, 2.24) is 14.5 Å². The topological polar surface area (TPSA) is 106 Å². The van der Waals surface area contributed by atoms with Gasteiger partial charge in [0.05, 0.1) is 11.6 Å². The van der Waals surface area contributed by atoms with E-state index < -0.39 is 12.0 Å². The highest BCUT2D eigenvalue weighted by Gasteiger charge is 2.17. The molecule has 0 aliphatic rings. The number of primary amides is 1. The van der Waals surface area contributed by atoms with E-state index in [4.69, 9.17) is 5.73 Å². The fourth-order valence-electron chi connectivity index (χ4n) is 3.61. The average Bonchev–Trinajstić information content (AvgIpc) is 3.07. The number of aromatic nitrogens is 3. The Bertz CT molecular complexity index is 1280. The molecule has 0 aliphatic carbocycles. The van der Waals surface area contributed by atoms with Gasteiger partial charge in [0, 0.05) is 34.9 Å². The summed E-state index contributed by atoms with van der Waals surface area (Å²) in [4.78, 5) is 20.9. The summed E-state index contributed by atoms with van der Waals surface area (Å²) in [7, 11) is 0. The van der Waals surface area contributed by atoms with Gasteiger partial charge in [-0.15, -0.1) is 0 Å². The van der Waals surface area contributed by atoms with Crippen LogP contribution in [0.5, 0.6) is 0 Å². The molecule has 8 heteroatoms. The van der Waals surface area contributed by atoms with Gasteiger partial charge in [0.2, 0.25) is 11.9 Å². The van der Waals surface area contributed by atoms with Crippen LogP contribution in [0.25, 0.3) is 16.9 Å². The maximum atomic E-state index is 13.5. The van der Waals surface area contributed by atoms with Crippen molar-refractivity contribution in [2.45, 2.75) is 26.5 Å². The Balaban J connectivity index is 1.78. The maximum absolute atomic E-state index is 13.5. The number of benzene rings is 2. The Labute approximate surface area is 178 Å². The summed E-state index contributed by atoms with van der Waals surface area (Å²) in [5.74, 6) is -0.0134. The normalized spacial score (nSPS) is 12.1. The van der Waals surface area contributed by atoms with Crippen molar-refractivity contribution in [2.75, 3.05) is 5.32 Å². The van der Waals surface area contributed by atoms with Gasteiger partial charge >= 0.3 is 0 Å². The standard InChI is InChI=1S/C23H22FN5O2/c1-13-9-18-17(21(25)31)7-4-8-20(18)29(13)23-27-12-19(14(2)30)22(28-23)26-11-15-5-3-6-16(24)10-15/h3-10,12,14,30H,11H2,1-2H3,(H2,25,31)(H,26,27,28). The molecule has 7 nitrogen and oxygen atoms in total. The number of nitrogens with zero attached hydrogens (tertiary/aromatic N) is 3. The Morgan fingerprint density at radius 1 is 1.26 bits per heavy atom. The average molecular weight is 419 g/mol. The Morgan fingerprint density at radius 2 is 2.03 bits per heavy atom. The van der Waals surface area contributed by atoms with Crippen molar-refractivity contribution < 1.29 is 14.3 Å². The lowest BCUT2D eigenvalue weighted by atomic mass is 10.1. The molecule has 0 spiro atoms. The fourth-order valence-corrected chi connectivity index (χ4v) is 3.61. The first-order chi connectivity index (χ1) is 14.8. The first-order valence-electron chi connectivity index (χ1n) is 9.79. The number of aryl methyl sites for hydroxylation is 1. The van der Waals surface area contributed by atoms with E-state index in [2.05, 4.69) is 15.3 Å². The van der Waals surface area contributed by atoms with E-state index in [1.54, 1.807) is 37.4 Å². The van der Waals surface area contributed by atoms with Crippen molar-refractivity contribution >= 4 is 22.6 Å². The molecule has 2 aromatic heterocycles. The molecule has 4 aromatic rings. The summed E-state index contributed by atoms with van der Waals surface area (Å²) in [5.41, 5.74) is 8.77. The van der Waals surface area contributed by atoms with Gasteiger partial charge < -0.3 is 16.2 Å². The second-order valence-corrected chi connectivity index (χ2v) is 7.36. The van der Waals surface area contributed by atoms with Crippen molar-refractivity contribution in [3.05, 3.63) is 82.9 Å². The summed E-state index contributed by atoms with van der Waals surface area (Å²) in [6, 6.07) is 13.4. The highest BCUT2D eigenvalue weighted by Crippen LogP contribution is 2.28. The van der Waals surface area contributed by atoms with Gasteiger partial charge in [0.25, 0.3) is 0 Å². The summed E-state index contributed by atoms with van der Waals surface area (Å²) >= 11 is 0. The SMILES string of the molecule is Cc1cc2c(C(N)=O)cccc2n1-c1ncc(C(C)O)c(NCc2cccc(F)c2)n1. The lowest BCUT2D eigenvalue weighted by Gasteiger charge is -2.15. The number of aliphatic hydroxyl groups is 1. The van der Waals surface area contributed by atoms with Crippen LogP contribution in [0.1, 0.15) is 40.2 Å². The highest BCUT2D eigenvalue weighted by molar-refractivity contribution is 6.06. The molecule has 2 aromatic carbocycles. The number of amides is 1. The molecule has 1 atom stereocenters. The van der Waals surface area contributed by atoms with Crippen molar-refractivity contribution in [2.24, 2.45) is 5.73 Å². The molecule has 0 aliphatic heterocycles. The van der Waals surface area contributed by atoms with Gasteiger partial charge in [-0.1, -0.05) is 18.2 Å². The first kappa shape index (κ1) is 20.5. The van der Waals surface area contributed by atoms with Crippen LogP contribution in [0.15, 0.2) is 54.7 Å². The molecule has 1 unspecified atom stereocenters. The highest BCUT2D eigenvalue weighted by atomic mass is 19.1. The molecule has 0 radical (unpaired) electrons. The van der Waals surface area contributed by atoms with Gasteiger partial charge in [0.15, 0.2) is 0 Å². The van der Waals surface area contributed by atoms with Crippen molar-refractivity contribution in [3.63, 3.8) is 0 Å². The van der Waals surface area contributed by atoms with Crippen molar-refractivity contribution in [3.8, 4) is 5.95 Å². The monoisotopic (exact) mass is 419 g/mol. The third kappa shape index (κ3) is 3.97. The third-order valence-corrected chi connectivity index (χ3v) is 5.10. The van der Waals surface area contributed by atoms with Gasteiger partial charge in [0.1, 0.15) is 11.6 Å². The number of hydrogen-bond acceptors (Lipinski definition) is 5. The van der Waals surface area contributed by atoms with Gasteiger partial charge in [-0.25, -0.2) is 9.37 Å². The number of fused-ring (bicyclic) bond motifs is 1. The summed E-state index contributed by atoms with van der Waals surface area (Å²) in [6.07, 6.45) is 0.762. The number of anilines is 1. The quantitative estimate of drug-likeness (QED) is 0.443. The number of hydrogen-bond donors (Lipinski definition) is 3. The van der Waals surface area contributed by atoms with Crippen LogP contribution in [0.3, 0.4) is 0 Å². The predicted octanol–water partition coefficient (Wildman–Crippen LogP) is 3.63. The Morgan fingerprint density at radius 3 is 2.74 bits per heavy atom. The zero-order valence-electron chi connectivity index (χ0n) is 17.1. The number of rotatable bonds is 6. The molecular formula is C23H22FN5O2. The van der Waals surface area contributed by atoms with Crippen LogP contribution >= 0.6 is 0 Å².